The Morgan fingerprint density at radius 1 is 1.12 bits per heavy atom. The van der Waals surface area contributed by atoms with E-state index in [2.05, 4.69) is 5.10 Å². The van der Waals surface area contributed by atoms with Crippen LogP contribution in [0.2, 0.25) is 0 Å². The van der Waals surface area contributed by atoms with Crippen molar-refractivity contribution in [1.29, 1.82) is 0 Å². The highest BCUT2D eigenvalue weighted by atomic mass is 19.1. The highest BCUT2D eigenvalue weighted by Crippen LogP contribution is 2.36. The molecule has 9 heteroatoms. The summed E-state index contributed by atoms with van der Waals surface area (Å²) in [6.45, 7) is 1.76. The number of carbonyl (C=O) groups excluding carboxylic acids is 1. The maximum atomic E-state index is 14.4. The van der Waals surface area contributed by atoms with Crippen molar-refractivity contribution in [3.05, 3.63) is 65.5 Å². The number of aliphatic hydroxyl groups is 1. The van der Waals surface area contributed by atoms with Crippen molar-refractivity contribution in [3.63, 3.8) is 0 Å². The van der Waals surface area contributed by atoms with E-state index in [1.165, 1.54) is 12.1 Å². The summed E-state index contributed by atoms with van der Waals surface area (Å²) in [7, 11) is 0. The van der Waals surface area contributed by atoms with Gasteiger partial charge in [-0.2, -0.15) is 5.10 Å². The number of benzene rings is 1. The molecule has 1 unspecified atom stereocenters. The molecule has 172 valence electrons. The average Bonchev–Trinajstić information content (AvgIpc) is 3.46. The molecule has 0 radical (unpaired) electrons. The topological polar surface area (TPSA) is 74.0 Å². The predicted molar refractivity (Wildman–Crippen MR) is 120 cm³/mol. The Hall–Kier alpha value is -3.33. The summed E-state index contributed by atoms with van der Waals surface area (Å²) >= 11 is 0. The number of likely N-dealkylation sites (tertiary alicyclic amines) is 1. The quantitative estimate of drug-likeness (QED) is 0.614. The molecule has 7 nitrogen and oxygen atoms in total. The molecule has 0 aliphatic carbocycles. The van der Waals surface area contributed by atoms with E-state index in [1.54, 1.807) is 27.9 Å². The fourth-order valence-electron chi connectivity index (χ4n) is 4.64. The number of hydrogen-bond acceptors (Lipinski definition) is 5. The van der Waals surface area contributed by atoms with Gasteiger partial charge in [-0.3, -0.25) is 4.79 Å². The number of halogens is 2. The molecule has 2 aromatic heterocycles. The van der Waals surface area contributed by atoms with Crippen LogP contribution in [0.1, 0.15) is 42.9 Å². The Kier molecular flexibility index (Phi) is 5.80. The Bertz CT molecular complexity index is 1200. The molecule has 33 heavy (non-hydrogen) atoms. The standard InChI is InChI=1S/C24H25F2N5O2/c25-17-4-5-20(26)19(14-17)21-2-1-10-30(21)22-9-13-31-24(28-22)16(15-27-31)3-6-23(33)29-11-7-18(32)8-12-29/h3-6,9,13-15,18,21,32H,1-2,7-8,10-12H2. The van der Waals surface area contributed by atoms with Gasteiger partial charge in [0.1, 0.15) is 17.5 Å². The lowest BCUT2D eigenvalue weighted by Gasteiger charge is -2.28. The van der Waals surface area contributed by atoms with E-state index in [9.17, 15) is 18.7 Å². The van der Waals surface area contributed by atoms with E-state index >= 15 is 0 Å². The van der Waals surface area contributed by atoms with Crippen molar-refractivity contribution in [2.75, 3.05) is 24.5 Å². The van der Waals surface area contributed by atoms with Crippen LogP contribution in [0.4, 0.5) is 14.6 Å². The lowest BCUT2D eigenvalue weighted by Crippen LogP contribution is -2.39. The summed E-state index contributed by atoms with van der Waals surface area (Å²) in [4.78, 5) is 21.0. The molecule has 2 aliphatic rings. The maximum Gasteiger partial charge on any atom is 0.246 e. The molecular formula is C24H25F2N5O2. The summed E-state index contributed by atoms with van der Waals surface area (Å²) in [6, 6.07) is 5.06. The second-order valence-corrected chi connectivity index (χ2v) is 8.56. The number of rotatable bonds is 4. The van der Waals surface area contributed by atoms with E-state index < -0.39 is 11.6 Å². The zero-order valence-corrected chi connectivity index (χ0v) is 18.1. The normalized spacial score (nSPS) is 19.8. The van der Waals surface area contributed by atoms with Crippen LogP contribution in [0.3, 0.4) is 0 Å². The first-order valence-corrected chi connectivity index (χ1v) is 11.2. The Morgan fingerprint density at radius 3 is 2.76 bits per heavy atom. The fraction of sp³-hybridized carbons (Fsp3) is 0.375. The van der Waals surface area contributed by atoms with Crippen LogP contribution in [-0.4, -0.2) is 56.2 Å². The van der Waals surface area contributed by atoms with Crippen LogP contribution in [0.25, 0.3) is 11.7 Å². The summed E-state index contributed by atoms with van der Waals surface area (Å²) in [5, 5.41) is 13.9. The van der Waals surface area contributed by atoms with Crippen molar-refractivity contribution in [2.45, 2.75) is 37.8 Å². The van der Waals surface area contributed by atoms with Crippen LogP contribution >= 0.6 is 0 Å². The first-order chi connectivity index (χ1) is 16.0. The summed E-state index contributed by atoms with van der Waals surface area (Å²) in [5.74, 6) is -0.345. The third-order valence-electron chi connectivity index (χ3n) is 6.43. The minimum absolute atomic E-state index is 0.112. The molecule has 0 bridgehead atoms. The smallest absolute Gasteiger partial charge is 0.246 e. The van der Waals surface area contributed by atoms with Crippen LogP contribution < -0.4 is 4.90 Å². The minimum atomic E-state index is -0.460. The largest absolute Gasteiger partial charge is 0.393 e. The van der Waals surface area contributed by atoms with Gasteiger partial charge < -0.3 is 14.9 Å². The van der Waals surface area contributed by atoms with Crippen molar-refractivity contribution in [1.82, 2.24) is 19.5 Å². The van der Waals surface area contributed by atoms with Crippen LogP contribution in [0.5, 0.6) is 0 Å². The number of nitrogens with zero attached hydrogens (tertiary/aromatic N) is 5. The monoisotopic (exact) mass is 453 g/mol. The van der Waals surface area contributed by atoms with Crippen LogP contribution in [0, 0.1) is 11.6 Å². The number of fused-ring (bicyclic) bond motifs is 1. The summed E-state index contributed by atoms with van der Waals surface area (Å²) in [5.41, 5.74) is 1.60. The second-order valence-electron chi connectivity index (χ2n) is 8.56. The minimum Gasteiger partial charge on any atom is -0.393 e. The first-order valence-electron chi connectivity index (χ1n) is 11.2. The van der Waals surface area contributed by atoms with Gasteiger partial charge in [0.05, 0.1) is 18.3 Å². The second kappa shape index (κ2) is 8.90. The van der Waals surface area contributed by atoms with Gasteiger partial charge in [0.2, 0.25) is 5.91 Å². The van der Waals surface area contributed by atoms with Crippen LogP contribution in [-0.2, 0) is 4.79 Å². The number of aromatic nitrogens is 3. The molecule has 0 spiro atoms. The molecule has 0 saturated carbocycles. The summed E-state index contributed by atoms with van der Waals surface area (Å²) < 4.78 is 29.9. The summed E-state index contributed by atoms with van der Waals surface area (Å²) in [6.07, 6.45) is 9.01. The molecule has 5 rings (SSSR count). The highest BCUT2D eigenvalue weighted by Gasteiger charge is 2.30. The van der Waals surface area contributed by atoms with Gasteiger partial charge in [-0.05, 0) is 56.0 Å². The van der Waals surface area contributed by atoms with E-state index in [1.807, 2.05) is 11.0 Å². The number of aliphatic hydroxyl groups excluding tert-OH is 1. The van der Waals surface area contributed by atoms with Gasteiger partial charge in [0.15, 0.2) is 5.65 Å². The molecule has 1 aromatic carbocycles. The van der Waals surface area contributed by atoms with E-state index in [0.717, 1.165) is 18.6 Å². The van der Waals surface area contributed by atoms with E-state index in [-0.39, 0.29) is 18.1 Å². The molecular weight excluding hydrogens is 428 g/mol. The van der Waals surface area contributed by atoms with Gasteiger partial charge in [0, 0.05) is 43.0 Å². The Morgan fingerprint density at radius 2 is 1.94 bits per heavy atom. The lowest BCUT2D eigenvalue weighted by atomic mass is 10.0. The Balaban J connectivity index is 1.40. The SMILES string of the molecule is O=C(C=Cc1cnn2ccc(N3CCCC3c3cc(F)ccc3F)nc12)N1CCC(O)CC1. The van der Waals surface area contributed by atoms with E-state index in [4.69, 9.17) is 4.98 Å². The first kappa shape index (κ1) is 21.5. The van der Waals surface area contributed by atoms with Gasteiger partial charge in [-0.1, -0.05) is 0 Å². The molecule has 1 atom stereocenters. The average molecular weight is 453 g/mol. The van der Waals surface area contributed by atoms with Crippen molar-refractivity contribution in [3.8, 4) is 0 Å². The van der Waals surface area contributed by atoms with Crippen molar-refractivity contribution < 1.29 is 18.7 Å². The van der Waals surface area contributed by atoms with Crippen LogP contribution in [0.15, 0.2) is 42.7 Å². The molecule has 2 aliphatic heterocycles. The molecule has 1 amide bonds. The third-order valence-corrected chi connectivity index (χ3v) is 6.43. The van der Waals surface area contributed by atoms with Gasteiger partial charge in [0.25, 0.3) is 0 Å². The number of anilines is 1. The number of carbonyl (C=O) groups is 1. The molecule has 4 heterocycles. The zero-order chi connectivity index (χ0) is 22.9. The molecule has 1 N–H and O–H groups in total. The zero-order valence-electron chi connectivity index (χ0n) is 18.1. The van der Waals surface area contributed by atoms with Crippen molar-refractivity contribution >= 4 is 23.4 Å². The third kappa shape index (κ3) is 4.32. The van der Waals surface area contributed by atoms with Crippen molar-refractivity contribution in [2.24, 2.45) is 0 Å². The molecule has 2 saturated heterocycles. The number of hydrogen-bond donors (Lipinski definition) is 1. The predicted octanol–water partition coefficient (Wildman–Crippen LogP) is 3.35. The fourth-order valence-corrected chi connectivity index (χ4v) is 4.64. The number of amides is 1. The van der Waals surface area contributed by atoms with Gasteiger partial charge >= 0.3 is 0 Å². The molecule has 2 fully saturated rings. The number of piperidine rings is 1. The van der Waals surface area contributed by atoms with E-state index in [0.29, 0.717) is 61.5 Å². The molecule has 3 aromatic rings. The highest BCUT2D eigenvalue weighted by molar-refractivity contribution is 5.92. The lowest BCUT2D eigenvalue weighted by molar-refractivity contribution is -0.127. The van der Waals surface area contributed by atoms with Gasteiger partial charge in [-0.25, -0.2) is 18.3 Å². The Labute approximate surface area is 189 Å². The maximum absolute atomic E-state index is 14.4. The van der Waals surface area contributed by atoms with Gasteiger partial charge in [-0.15, -0.1) is 0 Å².